The van der Waals surface area contributed by atoms with Gasteiger partial charge in [0.15, 0.2) is 0 Å². The van der Waals surface area contributed by atoms with Crippen molar-refractivity contribution in [2.75, 3.05) is 23.1 Å². The summed E-state index contributed by atoms with van der Waals surface area (Å²) in [5.41, 5.74) is 3.31. The van der Waals surface area contributed by atoms with E-state index in [0.717, 1.165) is 40.1 Å². The van der Waals surface area contributed by atoms with Crippen molar-refractivity contribution in [3.05, 3.63) is 42.7 Å². The number of nitrogens with zero attached hydrogens (tertiary/aromatic N) is 2. The van der Waals surface area contributed by atoms with Gasteiger partial charge in [0.2, 0.25) is 5.91 Å². The lowest BCUT2D eigenvalue weighted by Gasteiger charge is -2.30. The highest BCUT2D eigenvalue weighted by molar-refractivity contribution is 6.07. The van der Waals surface area contributed by atoms with Crippen LogP contribution in [0, 0.1) is 5.92 Å². The predicted molar refractivity (Wildman–Crippen MR) is 111 cm³/mol. The SMILES string of the molecule is CCC(C)[C@@H]1Nc2cc3ncnc(Nc4ccc(OC)cc4)c3cc2NC1=O. The van der Waals surface area contributed by atoms with Crippen molar-refractivity contribution in [1.29, 1.82) is 0 Å². The van der Waals surface area contributed by atoms with Crippen molar-refractivity contribution in [3.63, 3.8) is 0 Å². The topological polar surface area (TPSA) is 88.2 Å². The highest BCUT2D eigenvalue weighted by Gasteiger charge is 2.29. The summed E-state index contributed by atoms with van der Waals surface area (Å²) in [6, 6.07) is 11.2. The molecule has 1 aliphatic rings. The molecule has 4 rings (SSSR count). The number of rotatable bonds is 5. The number of amides is 1. The van der Waals surface area contributed by atoms with E-state index in [4.69, 9.17) is 4.74 Å². The van der Waals surface area contributed by atoms with Crippen LogP contribution in [0.3, 0.4) is 0 Å². The summed E-state index contributed by atoms with van der Waals surface area (Å²) < 4.78 is 5.19. The Hall–Kier alpha value is -3.35. The van der Waals surface area contributed by atoms with E-state index in [0.29, 0.717) is 5.82 Å². The van der Waals surface area contributed by atoms with Crippen LogP contribution < -0.4 is 20.7 Å². The van der Waals surface area contributed by atoms with Gasteiger partial charge in [-0.25, -0.2) is 9.97 Å². The van der Waals surface area contributed by atoms with Crippen molar-refractivity contribution in [2.45, 2.75) is 26.3 Å². The van der Waals surface area contributed by atoms with Crippen LogP contribution in [0.2, 0.25) is 0 Å². The lowest BCUT2D eigenvalue weighted by atomic mass is 9.96. The minimum Gasteiger partial charge on any atom is -0.497 e. The lowest BCUT2D eigenvalue weighted by molar-refractivity contribution is -0.118. The first-order valence-electron chi connectivity index (χ1n) is 9.36. The highest BCUT2D eigenvalue weighted by Crippen LogP contribution is 2.35. The maximum absolute atomic E-state index is 12.5. The molecule has 0 fully saturated rings. The highest BCUT2D eigenvalue weighted by atomic mass is 16.5. The van der Waals surface area contributed by atoms with Gasteiger partial charge in [-0.2, -0.15) is 0 Å². The summed E-state index contributed by atoms with van der Waals surface area (Å²) in [4.78, 5) is 21.3. The van der Waals surface area contributed by atoms with Gasteiger partial charge in [-0.1, -0.05) is 20.3 Å². The quantitative estimate of drug-likeness (QED) is 0.619. The Bertz CT molecular complexity index is 1020. The van der Waals surface area contributed by atoms with Crippen molar-refractivity contribution in [3.8, 4) is 5.75 Å². The van der Waals surface area contributed by atoms with Crippen molar-refractivity contribution in [2.24, 2.45) is 5.92 Å². The van der Waals surface area contributed by atoms with Gasteiger partial charge in [0, 0.05) is 11.1 Å². The molecule has 2 heterocycles. The fourth-order valence-corrected chi connectivity index (χ4v) is 3.32. The first kappa shape index (κ1) is 18.0. The molecule has 3 N–H and O–H groups in total. The average molecular weight is 377 g/mol. The van der Waals surface area contributed by atoms with E-state index in [9.17, 15) is 4.79 Å². The molecule has 7 nitrogen and oxygen atoms in total. The van der Waals surface area contributed by atoms with Gasteiger partial charge in [-0.05, 0) is 42.3 Å². The van der Waals surface area contributed by atoms with Crippen molar-refractivity contribution in [1.82, 2.24) is 9.97 Å². The Balaban J connectivity index is 1.69. The Morgan fingerprint density at radius 1 is 1.18 bits per heavy atom. The van der Waals surface area contributed by atoms with Crippen LogP contribution in [0.25, 0.3) is 10.9 Å². The van der Waals surface area contributed by atoms with E-state index in [2.05, 4.69) is 39.8 Å². The smallest absolute Gasteiger partial charge is 0.247 e. The Labute approximate surface area is 163 Å². The molecule has 1 aromatic heterocycles. The molecule has 2 atom stereocenters. The minimum atomic E-state index is -0.242. The molecule has 0 bridgehead atoms. The third-order valence-electron chi connectivity index (χ3n) is 5.19. The molecule has 7 heteroatoms. The molecule has 3 aromatic rings. The van der Waals surface area contributed by atoms with Gasteiger partial charge in [-0.3, -0.25) is 4.79 Å². The maximum atomic E-state index is 12.5. The lowest BCUT2D eigenvalue weighted by Crippen LogP contribution is -2.43. The van der Waals surface area contributed by atoms with Gasteiger partial charge in [0.1, 0.15) is 23.9 Å². The fourth-order valence-electron chi connectivity index (χ4n) is 3.32. The van der Waals surface area contributed by atoms with E-state index in [1.807, 2.05) is 36.4 Å². The molecular weight excluding hydrogens is 354 g/mol. The summed E-state index contributed by atoms with van der Waals surface area (Å²) in [6.07, 6.45) is 2.46. The van der Waals surface area contributed by atoms with E-state index >= 15 is 0 Å². The van der Waals surface area contributed by atoms with Crippen LogP contribution in [-0.2, 0) is 4.79 Å². The fraction of sp³-hybridized carbons (Fsp3) is 0.286. The molecule has 0 aliphatic carbocycles. The molecule has 144 valence electrons. The van der Waals surface area contributed by atoms with Crippen LogP contribution in [0.5, 0.6) is 5.75 Å². The zero-order valence-corrected chi connectivity index (χ0v) is 16.1. The second-order valence-corrected chi connectivity index (χ2v) is 6.99. The van der Waals surface area contributed by atoms with Crippen molar-refractivity contribution >= 4 is 39.7 Å². The molecule has 1 unspecified atom stereocenters. The van der Waals surface area contributed by atoms with Crippen LogP contribution in [0.1, 0.15) is 20.3 Å². The van der Waals surface area contributed by atoms with Gasteiger partial charge >= 0.3 is 0 Å². The third-order valence-corrected chi connectivity index (χ3v) is 5.19. The normalized spacial score (nSPS) is 16.7. The first-order valence-corrected chi connectivity index (χ1v) is 9.36. The zero-order valence-electron chi connectivity index (χ0n) is 16.1. The molecule has 0 saturated carbocycles. The number of aromatic nitrogens is 2. The van der Waals surface area contributed by atoms with Gasteiger partial charge in [0.05, 0.1) is 24.0 Å². The monoisotopic (exact) mass is 377 g/mol. The molecule has 0 saturated heterocycles. The standard InChI is InChI=1S/C21H23N5O2/c1-4-12(2)19-21(27)26-17-9-15-16(10-18(17)25-19)22-11-23-20(15)24-13-5-7-14(28-3)8-6-13/h5-12,19,25H,4H2,1-3H3,(H,26,27)(H,22,23,24)/t12?,19-/m0/s1. The molecule has 28 heavy (non-hydrogen) atoms. The summed E-state index contributed by atoms with van der Waals surface area (Å²) in [7, 11) is 1.64. The van der Waals surface area contributed by atoms with Gasteiger partial charge in [-0.15, -0.1) is 0 Å². The summed E-state index contributed by atoms with van der Waals surface area (Å²) >= 11 is 0. The molecule has 2 aromatic carbocycles. The average Bonchev–Trinajstić information content (AvgIpc) is 2.72. The van der Waals surface area contributed by atoms with Crippen LogP contribution >= 0.6 is 0 Å². The molecular formula is C21H23N5O2. The molecule has 1 amide bonds. The number of ether oxygens (including phenoxy) is 1. The van der Waals surface area contributed by atoms with E-state index in [-0.39, 0.29) is 17.9 Å². The van der Waals surface area contributed by atoms with Gasteiger partial charge < -0.3 is 20.7 Å². The molecule has 0 radical (unpaired) electrons. The number of carbonyl (C=O) groups excluding carboxylic acids is 1. The Kier molecular flexibility index (Phi) is 4.73. The number of anilines is 4. The number of fused-ring (bicyclic) bond motifs is 2. The Morgan fingerprint density at radius 2 is 1.96 bits per heavy atom. The number of hydrogen-bond donors (Lipinski definition) is 3. The summed E-state index contributed by atoms with van der Waals surface area (Å²) in [6.45, 7) is 4.15. The molecule has 0 spiro atoms. The van der Waals surface area contributed by atoms with Crippen molar-refractivity contribution < 1.29 is 9.53 Å². The number of methoxy groups -OCH3 is 1. The maximum Gasteiger partial charge on any atom is 0.247 e. The minimum absolute atomic E-state index is 0.0114. The summed E-state index contributed by atoms with van der Waals surface area (Å²) in [5, 5.41) is 10.5. The zero-order chi connectivity index (χ0) is 19.7. The number of nitrogens with one attached hydrogen (secondary N) is 3. The second-order valence-electron chi connectivity index (χ2n) is 6.99. The largest absolute Gasteiger partial charge is 0.497 e. The number of hydrogen-bond acceptors (Lipinski definition) is 6. The van der Waals surface area contributed by atoms with E-state index < -0.39 is 0 Å². The Morgan fingerprint density at radius 3 is 2.68 bits per heavy atom. The summed E-state index contributed by atoms with van der Waals surface area (Å²) in [5.74, 6) is 1.69. The third kappa shape index (κ3) is 3.31. The first-order chi connectivity index (χ1) is 13.6. The van der Waals surface area contributed by atoms with Crippen LogP contribution in [-0.4, -0.2) is 29.0 Å². The second kappa shape index (κ2) is 7.34. The predicted octanol–water partition coefficient (Wildman–Crippen LogP) is 4.16. The van der Waals surface area contributed by atoms with E-state index in [1.165, 1.54) is 6.33 Å². The number of carbonyl (C=O) groups is 1. The van der Waals surface area contributed by atoms with Crippen LogP contribution in [0.4, 0.5) is 22.9 Å². The van der Waals surface area contributed by atoms with Crippen LogP contribution in [0.15, 0.2) is 42.7 Å². The van der Waals surface area contributed by atoms with E-state index in [1.54, 1.807) is 7.11 Å². The number of benzene rings is 2. The molecule has 1 aliphatic heterocycles. The van der Waals surface area contributed by atoms with Gasteiger partial charge in [0.25, 0.3) is 0 Å².